The Morgan fingerprint density at radius 3 is 2.62 bits per heavy atom. The van der Waals surface area contributed by atoms with Crippen LogP contribution in [0.3, 0.4) is 0 Å². The molecule has 1 aliphatic heterocycles. The van der Waals surface area contributed by atoms with Crippen LogP contribution in [0.4, 0.5) is 28.8 Å². The summed E-state index contributed by atoms with van der Waals surface area (Å²) in [5.74, 6) is 0.805. The molecule has 1 aliphatic rings. The van der Waals surface area contributed by atoms with E-state index in [1.807, 2.05) is 60.7 Å². The number of hydrogen-bond acceptors (Lipinski definition) is 5. The molecule has 7 heteroatoms. The smallest absolute Gasteiger partial charge is 0.255 e. The Bertz CT molecular complexity index is 1290. The molecule has 0 fully saturated rings. The second-order valence-electron chi connectivity index (χ2n) is 7.53. The summed E-state index contributed by atoms with van der Waals surface area (Å²) in [6, 6.07) is 23.2. The van der Waals surface area contributed by atoms with Crippen molar-refractivity contribution in [3.05, 3.63) is 101 Å². The minimum absolute atomic E-state index is 0.139. The molecule has 3 aromatic carbocycles. The normalized spacial score (nSPS) is 12.3. The molecule has 0 aliphatic carbocycles. The number of amides is 1. The van der Waals surface area contributed by atoms with Crippen LogP contribution in [0.25, 0.3) is 0 Å². The number of anilines is 5. The number of benzene rings is 3. The van der Waals surface area contributed by atoms with Crippen molar-refractivity contribution in [2.45, 2.75) is 12.8 Å². The summed E-state index contributed by atoms with van der Waals surface area (Å²) in [7, 11) is 0. The van der Waals surface area contributed by atoms with Gasteiger partial charge in [-0.15, -0.1) is 0 Å². The summed E-state index contributed by atoms with van der Waals surface area (Å²) in [6.45, 7) is 0. The van der Waals surface area contributed by atoms with Crippen LogP contribution in [0.1, 0.15) is 21.5 Å². The minimum atomic E-state index is -0.139. The van der Waals surface area contributed by atoms with E-state index in [-0.39, 0.29) is 5.91 Å². The van der Waals surface area contributed by atoms with Gasteiger partial charge in [-0.25, -0.2) is 4.98 Å². The van der Waals surface area contributed by atoms with E-state index in [4.69, 9.17) is 11.6 Å². The molecule has 0 atom stereocenters. The first kappa shape index (κ1) is 20.0. The van der Waals surface area contributed by atoms with Crippen LogP contribution in [0.15, 0.2) is 79.0 Å². The Kier molecular flexibility index (Phi) is 5.44. The highest BCUT2D eigenvalue weighted by atomic mass is 35.5. The number of para-hydroxylation sites is 1. The van der Waals surface area contributed by atoms with Crippen LogP contribution in [0.5, 0.6) is 0 Å². The predicted octanol–water partition coefficient (Wildman–Crippen LogP) is 5.97. The average Bonchev–Trinajstić information content (AvgIpc) is 2.81. The molecule has 2 heterocycles. The molecule has 0 unspecified atom stereocenters. The van der Waals surface area contributed by atoms with E-state index in [0.717, 1.165) is 34.6 Å². The second-order valence-corrected chi connectivity index (χ2v) is 7.94. The van der Waals surface area contributed by atoms with E-state index in [9.17, 15) is 4.79 Å². The van der Waals surface area contributed by atoms with E-state index < -0.39 is 0 Å². The zero-order chi connectivity index (χ0) is 21.9. The van der Waals surface area contributed by atoms with Crippen molar-refractivity contribution >= 4 is 46.3 Å². The molecular formula is C25H20ClN5O. The number of halogens is 1. The Morgan fingerprint density at radius 1 is 0.906 bits per heavy atom. The third-order valence-electron chi connectivity index (χ3n) is 5.25. The summed E-state index contributed by atoms with van der Waals surface area (Å²) in [5.41, 5.74) is 5.17. The van der Waals surface area contributed by atoms with Crippen molar-refractivity contribution in [2.75, 3.05) is 16.0 Å². The summed E-state index contributed by atoms with van der Waals surface area (Å²) < 4.78 is 0. The lowest BCUT2D eigenvalue weighted by molar-refractivity contribution is 0.102. The van der Waals surface area contributed by atoms with Gasteiger partial charge in [-0.05, 0) is 66.4 Å². The fraction of sp³-hybridized carbons (Fsp3) is 0.0800. The van der Waals surface area contributed by atoms with E-state index in [2.05, 4.69) is 38.1 Å². The van der Waals surface area contributed by atoms with Crippen molar-refractivity contribution in [2.24, 2.45) is 0 Å². The molecule has 0 saturated heterocycles. The number of carbonyl (C=O) groups excluding carboxylic acids is 1. The zero-order valence-corrected chi connectivity index (χ0v) is 17.9. The molecule has 0 saturated carbocycles. The van der Waals surface area contributed by atoms with Crippen molar-refractivity contribution in [1.82, 2.24) is 9.97 Å². The van der Waals surface area contributed by atoms with Gasteiger partial charge in [0.2, 0.25) is 5.95 Å². The fourth-order valence-corrected chi connectivity index (χ4v) is 3.82. The largest absolute Gasteiger partial charge is 0.339 e. The fourth-order valence-electron chi connectivity index (χ4n) is 3.68. The SMILES string of the molecule is O=C(Nc1ccccc1)c1ccc2cc1CCc1cccc(c1)Nc1ncc(Cl)c(n1)N2. The van der Waals surface area contributed by atoms with Gasteiger partial charge in [-0.1, -0.05) is 41.9 Å². The molecule has 6 nitrogen and oxygen atoms in total. The van der Waals surface area contributed by atoms with Crippen molar-refractivity contribution in [1.29, 1.82) is 0 Å². The van der Waals surface area contributed by atoms with Gasteiger partial charge in [0.25, 0.3) is 5.91 Å². The van der Waals surface area contributed by atoms with E-state index in [0.29, 0.717) is 28.8 Å². The van der Waals surface area contributed by atoms with Crippen LogP contribution in [0.2, 0.25) is 5.02 Å². The van der Waals surface area contributed by atoms with Crippen LogP contribution < -0.4 is 16.0 Å². The molecular weight excluding hydrogens is 422 g/mol. The van der Waals surface area contributed by atoms with E-state index in [1.54, 1.807) is 6.20 Å². The van der Waals surface area contributed by atoms with Crippen LogP contribution >= 0.6 is 11.6 Å². The average molecular weight is 442 g/mol. The second kappa shape index (κ2) is 8.69. The number of rotatable bonds is 2. The molecule has 1 aromatic heterocycles. The number of fused-ring (bicyclic) bond motifs is 6. The highest BCUT2D eigenvalue weighted by Gasteiger charge is 2.15. The molecule has 5 rings (SSSR count). The standard InChI is InChI=1S/C25H20ClN5O/c26-22-15-27-25-30-19-8-4-5-16(13-19)9-10-17-14-20(28-23(22)31-25)11-12-21(17)24(32)29-18-6-2-1-3-7-18/h1-8,11-15H,9-10H2,(H,29,32)(H2,27,28,30,31). The van der Waals surface area contributed by atoms with Crippen molar-refractivity contribution in [3.8, 4) is 0 Å². The van der Waals surface area contributed by atoms with Gasteiger partial charge in [0, 0.05) is 22.6 Å². The molecule has 1 amide bonds. The topological polar surface area (TPSA) is 78.9 Å². The molecule has 4 aromatic rings. The van der Waals surface area contributed by atoms with Gasteiger partial charge in [-0.3, -0.25) is 4.79 Å². The Labute approximate surface area is 190 Å². The first-order valence-electron chi connectivity index (χ1n) is 10.3. The van der Waals surface area contributed by atoms with Gasteiger partial charge in [0.05, 0.1) is 6.20 Å². The van der Waals surface area contributed by atoms with Gasteiger partial charge < -0.3 is 16.0 Å². The number of aromatic nitrogens is 2. The predicted molar refractivity (Wildman–Crippen MR) is 128 cm³/mol. The summed E-state index contributed by atoms with van der Waals surface area (Å²) in [6.07, 6.45) is 3.04. The summed E-state index contributed by atoms with van der Waals surface area (Å²) in [5, 5.41) is 9.88. The van der Waals surface area contributed by atoms with Gasteiger partial charge in [0.1, 0.15) is 5.02 Å². The Morgan fingerprint density at radius 2 is 1.75 bits per heavy atom. The molecule has 32 heavy (non-hydrogen) atoms. The zero-order valence-electron chi connectivity index (χ0n) is 17.1. The van der Waals surface area contributed by atoms with Crippen LogP contribution in [-0.4, -0.2) is 15.9 Å². The minimum Gasteiger partial charge on any atom is -0.339 e. The molecule has 158 valence electrons. The number of hydrogen-bond donors (Lipinski definition) is 3. The number of aryl methyl sites for hydroxylation is 2. The molecule has 0 spiro atoms. The number of carbonyl (C=O) groups is 1. The molecule has 6 bridgehead atoms. The maximum Gasteiger partial charge on any atom is 0.255 e. The lowest BCUT2D eigenvalue weighted by Gasteiger charge is -2.14. The lowest BCUT2D eigenvalue weighted by atomic mass is 9.98. The monoisotopic (exact) mass is 441 g/mol. The molecule has 0 radical (unpaired) electrons. The van der Waals surface area contributed by atoms with Crippen molar-refractivity contribution in [3.63, 3.8) is 0 Å². The first-order valence-corrected chi connectivity index (χ1v) is 10.7. The van der Waals surface area contributed by atoms with Crippen molar-refractivity contribution < 1.29 is 4.79 Å². The Hall–Kier alpha value is -3.90. The maximum absolute atomic E-state index is 13.0. The quantitative estimate of drug-likeness (QED) is 0.357. The highest BCUT2D eigenvalue weighted by Crippen LogP contribution is 2.28. The maximum atomic E-state index is 13.0. The van der Waals surface area contributed by atoms with Crippen LogP contribution in [-0.2, 0) is 12.8 Å². The highest BCUT2D eigenvalue weighted by molar-refractivity contribution is 6.32. The first-order chi connectivity index (χ1) is 15.6. The third kappa shape index (κ3) is 4.40. The number of nitrogens with zero attached hydrogens (tertiary/aromatic N) is 2. The third-order valence-corrected chi connectivity index (χ3v) is 5.53. The Balaban J connectivity index is 1.54. The van der Waals surface area contributed by atoms with Gasteiger partial charge >= 0.3 is 0 Å². The summed E-state index contributed by atoms with van der Waals surface area (Å²) in [4.78, 5) is 21.8. The van der Waals surface area contributed by atoms with Gasteiger partial charge in [-0.2, -0.15) is 4.98 Å². The lowest BCUT2D eigenvalue weighted by Crippen LogP contribution is -2.15. The van der Waals surface area contributed by atoms with E-state index >= 15 is 0 Å². The van der Waals surface area contributed by atoms with Gasteiger partial charge in [0.15, 0.2) is 5.82 Å². The number of nitrogens with one attached hydrogen (secondary N) is 3. The molecule has 3 N–H and O–H groups in total. The van der Waals surface area contributed by atoms with Crippen LogP contribution in [0, 0.1) is 0 Å². The van der Waals surface area contributed by atoms with E-state index in [1.165, 1.54) is 0 Å². The summed E-state index contributed by atoms with van der Waals surface area (Å²) >= 11 is 6.33.